The fourth-order valence-corrected chi connectivity index (χ4v) is 2.41. The Balaban J connectivity index is 2.05. The number of amides is 2. The summed E-state index contributed by atoms with van der Waals surface area (Å²) in [6, 6.07) is 3.14. The number of hydrogen-bond donors (Lipinski definition) is 1. The molecule has 0 aliphatic carbocycles. The molecule has 1 aromatic carbocycles. The Labute approximate surface area is 143 Å². The molecule has 0 radical (unpaired) electrons. The maximum Gasteiger partial charge on any atom is 0.387 e. The van der Waals surface area contributed by atoms with Gasteiger partial charge < -0.3 is 24.4 Å². The smallest absolute Gasteiger partial charge is 0.387 e. The highest BCUT2D eigenvalue weighted by Crippen LogP contribution is 2.29. The van der Waals surface area contributed by atoms with Gasteiger partial charge in [0.2, 0.25) is 5.91 Å². The van der Waals surface area contributed by atoms with Crippen molar-refractivity contribution in [2.45, 2.75) is 19.6 Å². The van der Waals surface area contributed by atoms with Crippen LogP contribution in [0, 0.1) is 0 Å². The highest BCUT2D eigenvalue weighted by Gasteiger charge is 2.24. The van der Waals surface area contributed by atoms with Crippen LogP contribution in [-0.2, 0) is 9.53 Å². The van der Waals surface area contributed by atoms with E-state index in [0.29, 0.717) is 26.3 Å². The van der Waals surface area contributed by atoms with E-state index >= 15 is 0 Å². The molecule has 138 valence electrons. The minimum Gasteiger partial charge on any atom is -0.493 e. The number of ether oxygens (including phenoxy) is 3. The highest BCUT2D eigenvalue weighted by molar-refractivity contribution is 5.98. The molecule has 25 heavy (non-hydrogen) atoms. The number of rotatable bonds is 6. The lowest BCUT2D eigenvalue weighted by Gasteiger charge is -2.29. The molecule has 2 rings (SSSR count). The van der Waals surface area contributed by atoms with Gasteiger partial charge in [-0.2, -0.15) is 8.78 Å². The summed E-state index contributed by atoms with van der Waals surface area (Å²) in [5.41, 5.74) is 0.0816. The first kappa shape index (κ1) is 18.9. The van der Waals surface area contributed by atoms with Gasteiger partial charge in [-0.25, -0.2) is 0 Å². The molecule has 0 aromatic heterocycles. The maximum atomic E-state index is 12.5. The molecule has 1 aliphatic heterocycles. The lowest BCUT2D eigenvalue weighted by atomic mass is 10.1. The molecule has 9 heteroatoms. The Hall–Kier alpha value is -2.42. The molecular weight excluding hydrogens is 338 g/mol. The van der Waals surface area contributed by atoms with Gasteiger partial charge in [0.15, 0.2) is 11.5 Å². The molecule has 1 unspecified atom stereocenters. The Morgan fingerprint density at radius 1 is 1.24 bits per heavy atom. The third kappa shape index (κ3) is 5.02. The number of nitrogens with zero attached hydrogens (tertiary/aromatic N) is 1. The van der Waals surface area contributed by atoms with Gasteiger partial charge in [-0.15, -0.1) is 0 Å². The zero-order valence-electron chi connectivity index (χ0n) is 14.0. The van der Waals surface area contributed by atoms with Gasteiger partial charge >= 0.3 is 6.61 Å². The number of nitrogens with one attached hydrogen (secondary N) is 1. The third-order valence-corrected chi connectivity index (χ3v) is 3.68. The predicted octanol–water partition coefficient (Wildman–Crippen LogP) is 1.27. The molecule has 1 saturated heterocycles. The van der Waals surface area contributed by atoms with Gasteiger partial charge in [-0.3, -0.25) is 9.59 Å². The van der Waals surface area contributed by atoms with Crippen LogP contribution < -0.4 is 14.8 Å². The lowest BCUT2D eigenvalue weighted by Crippen LogP contribution is -2.50. The van der Waals surface area contributed by atoms with Crippen molar-refractivity contribution in [1.29, 1.82) is 0 Å². The molecule has 0 bridgehead atoms. The second kappa shape index (κ2) is 8.61. The van der Waals surface area contributed by atoms with Crippen LogP contribution >= 0.6 is 0 Å². The largest absolute Gasteiger partial charge is 0.493 e. The van der Waals surface area contributed by atoms with E-state index in [9.17, 15) is 18.4 Å². The number of carbonyl (C=O) groups is 2. The monoisotopic (exact) mass is 358 g/mol. The third-order valence-electron chi connectivity index (χ3n) is 3.68. The molecule has 2 amide bonds. The van der Waals surface area contributed by atoms with Gasteiger partial charge in [-0.05, 0) is 25.1 Å². The van der Waals surface area contributed by atoms with E-state index in [1.54, 1.807) is 11.8 Å². The van der Waals surface area contributed by atoms with E-state index in [1.807, 2.05) is 0 Å². The van der Waals surface area contributed by atoms with Gasteiger partial charge in [0.1, 0.15) is 6.04 Å². The lowest BCUT2D eigenvalue weighted by molar-refractivity contribution is -0.136. The van der Waals surface area contributed by atoms with E-state index in [1.165, 1.54) is 19.2 Å². The van der Waals surface area contributed by atoms with Crippen molar-refractivity contribution in [3.63, 3.8) is 0 Å². The minimum atomic E-state index is -3.05. The van der Waals surface area contributed by atoms with Crippen molar-refractivity contribution in [2.75, 3.05) is 33.4 Å². The summed E-state index contributed by atoms with van der Waals surface area (Å²) < 4.78 is 39.3. The van der Waals surface area contributed by atoms with Crippen molar-refractivity contribution in [3.8, 4) is 11.5 Å². The highest BCUT2D eigenvalue weighted by atomic mass is 19.3. The zero-order valence-corrected chi connectivity index (χ0v) is 14.0. The molecule has 7 nitrogen and oxygen atoms in total. The fourth-order valence-electron chi connectivity index (χ4n) is 2.41. The Bertz CT molecular complexity index is 621. The number of alkyl halides is 2. The molecule has 1 aromatic rings. The summed E-state index contributed by atoms with van der Waals surface area (Å²) >= 11 is 0. The summed E-state index contributed by atoms with van der Waals surface area (Å²) in [6.07, 6.45) is 0. The molecule has 1 aliphatic rings. The number of halogens is 2. The number of morpholine rings is 1. The van der Waals surface area contributed by atoms with Crippen LogP contribution in [-0.4, -0.2) is 62.8 Å². The first-order chi connectivity index (χ1) is 11.9. The Morgan fingerprint density at radius 2 is 1.92 bits per heavy atom. The van der Waals surface area contributed by atoms with Crippen LogP contribution in [0.2, 0.25) is 0 Å². The average molecular weight is 358 g/mol. The first-order valence-corrected chi connectivity index (χ1v) is 7.72. The van der Waals surface area contributed by atoms with E-state index in [-0.39, 0.29) is 23.0 Å². The zero-order chi connectivity index (χ0) is 18.4. The number of carbonyl (C=O) groups excluding carboxylic acids is 2. The van der Waals surface area contributed by atoms with E-state index in [2.05, 4.69) is 10.1 Å². The minimum absolute atomic E-state index is 0.0780. The molecule has 1 atom stereocenters. The second-order valence-corrected chi connectivity index (χ2v) is 5.38. The van der Waals surface area contributed by atoms with Crippen molar-refractivity contribution in [3.05, 3.63) is 23.8 Å². The second-order valence-electron chi connectivity index (χ2n) is 5.38. The number of hydrogen-bond acceptors (Lipinski definition) is 5. The van der Waals surface area contributed by atoms with Gasteiger partial charge in [0.25, 0.3) is 5.91 Å². The Kier molecular flexibility index (Phi) is 6.51. The van der Waals surface area contributed by atoms with Crippen LogP contribution in [0.5, 0.6) is 11.5 Å². The first-order valence-electron chi connectivity index (χ1n) is 7.72. The van der Waals surface area contributed by atoms with Crippen LogP contribution in [0.15, 0.2) is 18.2 Å². The van der Waals surface area contributed by atoms with Gasteiger partial charge in [0.05, 0.1) is 20.3 Å². The van der Waals surface area contributed by atoms with Crippen molar-refractivity contribution >= 4 is 11.8 Å². The van der Waals surface area contributed by atoms with Crippen LogP contribution in [0.1, 0.15) is 17.3 Å². The quantitative estimate of drug-likeness (QED) is 0.829. The van der Waals surface area contributed by atoms with Crippen LogP contribution in [0.3, 0.4) is 0 Å². The predicted molar refractivity (Wildman–Crippen MR) is 84.0 cm³/mol. The Morgan fingerprint density at radius 3 is 2.52 bits per heavy atom. The normalized spacial score (nSPS) is 15.6. The van der Waals surface area contributed by atoms with Crippen molar-refractivity contribution in [1.82, 2.24) is 10.2 Å². The molecular formula is C16H20F2N2O5. The molecule has 1 N–H and O–H groups in total. The summed E-state index contributed by atoms with van der Waals surface area (Å²) in [5, 5.41) is 2.56. The molecule has 0 saturated carbocycles. The van der Waals surface area contributed by atoms with E-state index < -0.39 is 18.6 Å². The summed E-state index contributed by atoms with van der Waals surface area (Å²) in [7, 11) is 1.30. The van der Waals surface area contributed by atoms with Gasteiger partial charge in [-0.1, -0.05) is 0 Å². The van der Waals surface area contributed by atoms with E-state index in [4.69, 9.17) is 9.47 Å². The maximum absolute atomic E-state index is 12.5. The van der Waals surface area contributed by atoms with Crippen LogP contribution in [0.4, 0.5) is 8.78 Å². The molecule has 1 fully saturated rings. The van der Waals surface area contributed by atoms with E-state index in [0.717, 1.165) is 6.07 Å². The molecule has 1 heterocycles. The fraction of sp³-hybridized carbons (Fsp3) is 0.500. The summed E-state index contributed by atoms with van der Waals surface area (Å²) in [5.74, 6) is -0.975. The standard InChI is InChI=1S/C16H20F2N2O5/c1-10(15(22)20-5-7-24-8-6-20)19-14(21)11-3-4-12(23-2)13(9-11)25-16(17)18/h3-4,9-10,16H,5-8H2,1-2H3,(H,19,21). The topological polar surface area (TPSA) is 77.1 Å². The number of methoxy groups -OCH3 is 1. The molecule has 0 spiro atoms. The number of benzene rings is 1. The summed E-state index contributed by atoms with van der Waals surface area (Å²) in [6.45, 7) is 0.366. The summed E-state index contributed by atoms with van der Waals surface area (Å²) in [4.78, 5) is 26.2. The SMILES string of the molecule is COc1ccc(C(=O)NC(C)C(=O)N2CCOCC2)cc1OC(F)F. The van der Waals surface area contributed by atoms with Crippen molar-refractivity contribution < 1.29 is 32.6 Å². The van der Waals surface area contributed by atoms with Crippen molar-refractivity contribution in [2.24, 2.45) is 0 Å². The van der Waals surface area contributed by atoms with Gasteiger partial charge in [0, 0.05) is 18.7 Å². The van der Waals surface area contributed by atoms with Crippen LogP contribution in [0.25, 0.3) is 0 Å². The average Bonchev–Trinajstić information content (AvgIpc) is 2.61.